The fourth-order valence-electron chi connectivity index (χ4n) is 4.43. The fourth-order valence-corrected chi connectivity index (χ4v) is 4.43. The quantitative estimate of drug-likeness (QED) is 0.374. The Kier molecular flexibility index (Phi) is 6.49. The Morgan fingerprint density at radius 3 is 2.38 bits per heavy atom. The lowest BCUT2D eigenvalue weighted by Crippen LogP contribution is -2.32. The van der Waals surface area contributed by atoms with Gasteiger partial charge in [0.25, 0.3) is 0 Å². The van der Waals surface area contributed by atoms with Crippen LogP contribution in [0.4, 0.5) is 16.4 Å². The Hall–Kier alpha value is -3.94. The van der Waals surface area contributed by atoms with Crippen LogP contribution in [0.3, 0.4) is 0 Å². The van der Waals surface area contributed by atoms with E-state index in [-0.39, 0.29) is 17.9 Å². The van der Waals surface area contributed by atoms with Gasteiger partial charge in [-0.05, 0) is 61.9 Å². The molecule has 8 heteroatoms. The van der Waals surface area contributed by atoms with Crippen molar-refractivity contribution in [3.63, 3.8) is 0 Å². The van der Waals surface area contributed by atoms with E-state index in [4.69, 9.17) is 15.8 Å². The van der Waals surface area contributed by atoms with Crippen LogP contribution in [0, 0.1) is 12.3 Å². The maximum atomic E-state index is 12.5. The maximum Gasteiger partial charge on any atom is 0.405 e. The number of nitrogens with two attached hydrogens (primary N) is 1. The van der Waals surface area contributed by atoms with Crippen molar-refractivity contribution in [3.8, 4) is 0 Å². The van der Waals surface area contributed by atoms with Gasteiger partial charge in [-0.25, -0.2) is 14.8 Å². The Morgan fingerprint density at radius 1 is 1.12 bits per heavy atom. The summed E-state index contributed by atoms with van der Waals surface area (Å²) in [6.07, 6.45) is 2.90. The molecule has 0 spiro atoms. The minimum Gasteiger partial charge on any atom is -0.465 e. The number of amides is 2. The number of anilines is 2. The molecule has 2 unspecified atom stereocenters. The van der Waals surface area contributed by atoms with Crippen LogP contribution >= 0.6 is 0 Å². The Balaban J connectivity index is 1.60. The third-order valence-electron chi connectivity index (χ3n) is 6.58. The van der Waals surface area contributed by atoms with Crippen molar-refractivity contribution in [2.75, 3.05) is 5.32 Å². The molecule has 0 bridgehead atoms. The summed E-state index contributed by atoms with van der Waals surface area (Å²) >= 11 is 0. The zero-order valence-electron chi connectivity index (χ0n) is 19.3. The first-order valence-electron chi connectivity index (χ1n) is 11.3. The summed E-state index contributed by atoms with van der Waals surface area (Å²) in [5, 5.41) is 14.6. The van der Waals surface area contributed by atoms with Crippen LogP contribution in [0.2, 0.25) is 0 Å². The molecule has 176 valence electrons. The molecular weight excluding hydrogens is 430 g/mol. The molecule has 1 fully saturated rings. The van der Waals surface area contributed by atoms with E-state index in [1.807, 2.05) is 49.4 Å². The normalized spacial score (nSPS) is 15.7. The molecule has 1 aliphatic carbocycles. The zero-order chi connectivity index (χ0) is 24.3. The van der Waals surface area contributed by atoms with Gasteiger partial charge in [0.1, 0.15) is 0 Å². The van der Waals surface area contributed by atoms with Crippen LogP contribution in [0.25, 0.3) is 0 Å². The number of aromatic nitrogens is 2. The number of nitrogens with one attached hydrogen (secondary N) is 2. The van der Waals surface area contributed by atoms with Gasteiger partial charge in [0, 0.05) is 17.8 Å². The molecule has 1 saturated carbocycles. The Bertz CT molecular complexity index is 1180. The molecular formula is C26H29N5O3. The summed E-state index contributed by atoms with van der Waals surface area (Å²) in [6.45, 7) is 3.74. The van der Waals surface area contributed by atoms with Crippen LogP contribution in [0.1, 0.15) is 54.1 Å². The van der Waals surface area contributed by atoms with Gasteiger partial charge in [0.15, 0.2) is 0 Å². The highest BCUT2D eigenvalue weighted by Gasteiger charge is 2.55. The van der Waals surface area contributed by atoms with Gasteiger partial charge < -0.3 is 21.5 Å². The number of hydrogen-bond acceptors (Lipinski definition) is 5. The number of nitrogens with zero attached hydrogens (tertiary/aromatic N) is 2. The number of benzene rings is 2. The van der Waals surface area contributed by atoms with Crippen LogP contribution in [-0.2, 0) is 11.2 Å². The largest absolute Gasteiger partial charge is 0.465 e. The van der Waals surface area contributed by atoms with Crippen molar-refractivity contribution in [3.05, 3.63) is 83.2 Å². The molecule has 5 N–H and O–H groups in total. The van der Waals surface area contributed by atoms with Crippen LogP contribution in [-0.4, -0.2) is 27.1 Å². The predicted molar refractivity (Wildman–Crippen MR) is 130 cm³/mol. The molecule has 4 rings (SSSR count). The molecule has 2 amide bonds. The lowest BCUT2D eigenvalue weighted by Gasteiger charge is -2.26. The van der Waals surface area contributed by atoms with Crippen molar-refractivity contribution in [1.29, 1.82) is 0 Å². The highest BCUT2D eigenvalue weighted by Crippen LogP contribution is 2.57. The van der Waals surface area contributed by atoms with E-state index in [1.54, 1.807) is 13.1 Å². The van der Waals surface area contributed by atoms with E-state index >= 15 is 0 Å². The van der Waals surface area contributed by atoms with E-state index in [0.717, 1.165) is 40.9 Å². The molecule has 2 aromatic carbocycles. The van der Waals surface area contributed by atoms with Crippen molar-refractivity contribution in [2.45, 2.75) is 45.1 Å². The lowest BCUT2D eigenvalue weighted by atomic mass is 9.79. The number of carboxylic acid groups (broad SMARTS) is 1. The molecule has 34 heavy (non-hydrogen) atoms. The average Bonchev–Trinajstić information content (AvgIpc) is 3.62. The van der Waals surface area contributed by atoms with Crippen LogP contribution < -0.4 is 16.4 Å². The van der Waals surface area contributed by atoms with Gasteiger partial charge in [0.05, 0.1) is 17.2 Å². The van der Waals surface area contributed by atoms with Gasteiger partial charge in [-0.2, -0.15) is 0 Å². The van der Waals surface area contributed by atoms with Gasteiger partial charge in [-0.15, -0.1) is 0 Å². The second kappa shape index (κ2) is 9.51. The smallest absolute Gasteiger partial charge is 0.405 e. The zero-order valence-corrected chi connectivity index (χ0v) is 19.3. The second-order valence-electron chi connectivity index (χ2n) is 8.94. The molecule has 3 aromatic rings. The third-order valence-corrected chi connectivity index (χ3v) is 6.58. The minimum atomic E-state index is -1.07. The first-order chi connectivity index (χ1) is 16.3. The van der Waals surface area contributed by atoms with Crippen LogP contribution in [0.15, 0.2) is 60.8 Å². The van der Waals surface area contributed by atoms with E-state index in [2.05, 4.69) is 27.8 Å². The monoisotopic (exact) mass is 459 g/mol. The molecule has 0 radical (unpaired) electrons. The lowest BCUT2D eigenvalue weighted by molar-refractivity contribution is -0.123. The van der Waals surface area contributed by atoms with Crippen molar-refractivity contribution < 1.29 is 14.7 Å². The third kappa shape index (κ3) is 5.01. The molecule has 1 aliphatic rings. The minimum absolute atomic E-state index is 0.138. The number of aryl methyl sites for hydroxylation is 1. The maximum absolute atomic E-state index is 12.5. The molecule has 8 nitrogen and oxygen atoms in total. The number of hydrogen-bond donors (Lipinski definition) is 4. The predicted octanol–water partition coefficient (Wildman–Crippen LogP) is 4.45. The molecule has 1 aromatic heterocycles. The molecule has 0 aliphatic heterocycles. The number of carbonyl (C=O) groups is 2. The average molecular weight is 460 g/mol. The summed E-state index contributed by atoms with van der Waals surface area (Å²) in [4.78, 5) is 32.6. The van der Waals surface area contributed by atoms with Crippen LogP contribution in [0.5, 0.6) is 0 Å². The second-order valence-corrected chi connectivity index (χ2v) is 8.94. The summed E-state index contributed by atoms with van der Waals surface area (Å²) < 4.78 is 0. The Morgan fingerprint density at radius 2 is 1.79 bits per heavy atom. The van der Waals surface area contributed by atoms with Gasteiger partial charge >= 0.3 is 6.09 Å². The van der Waals surface area contributed by atoms with Gasteiger partial charge in [0.2, 0.25) is 11.9 Å². The van der Waals surface area contributed by atoms with Crippen molar-refractivity contribution in [1.82, 2.24) is 15.3 Å². The molecule has 1 heterocycles. The topological polar surface area (TPSA) is 130 Å². The number of rotatable bonds is 9. The van der Waals surface area contributed by atoms with Crippen molar-refractivity contribution >= 4 is 23.6 Å². The summed E-state index contributed by atoms with van der Waals surface area (Å²) in [6, 6.07) is 17.2. The highest BCUT2D eigenvalue weighted by molar-refractivity contribution is 5.85. The summed E-state index contributed by atoms with van der Waals surface area (Å²) in [5.41, 5.74) is 9.78. The van der Waals surface area contributed by atoms with E-state index < -0.39 is 11.5 Å². The standard InChI is InChI=1S/C26H29N5O3/c1-16-15-28-24(30-20-10-8-19(9-11-20)17(2)29-25(33)34)31-22(16)21(26(12-13-26)23(27)32)14-18-6-4-3-5-7-18/h3-11,15,17,21,29H,12-14H2,1-2H3,(H2,27,32)(H,33,34)(H,28,30,31). The van der Waals surface area contributed by atoms with Crippen molar-refractivity contribution in [2.24, 2.45) is 11.1 Å². The summed E-state index contributed by atoms with van der Waals surface area (Å²) in [7, 11) is 0. The number of primary amides is 1. The fraction of sp³-hybridized carbons (Fsp3) is 0.308. The van der Waals surface area contributed by atoms with E-state index in [1.165, 1.54) is 0 Å². The Labute approximate surface area is 198 Å². The number of carbonyl (C=O) groups excluding carboxylic acids is 1. The molecule has 0 saturated heterocycles. The SMILES string of the molecule is Cc1cnc(Nc2ccc(C(C)NC(=O)O)cc2)nc1C(Cc1ccccc1)C1(C(N)=O)CC1. The summed E-state index contributed by atoms with van der Waals surface area (Å²) in [5.74, 6) is 0.0188. The first-order valence-corrected chi connectivity index (χ1v) is 11.3. The van der Waals surface area contributed by atoms with E-state index in [9.17, 15) is 9.59 Å². The molecule has 2 atom stereocenters. The van der Waals surface area contributed by atoms with Gasteiger partial charge in [-0.3, -0.25) is 4.79 Å². The van der Waals surface area contributed by atoms with E-state index in [0.29, 0.717) is 12.4 Å². The first kappa shape index (κ1) is 23.2. The van der Waals surface area contributed by atoms with Gasteiger partial charge in [-0.1, -0.05) is 42.5 Å². The highest BCUT2D eigenvalue weighted by atomic mass is 16.4.